The van der Waals surface area contributed by atoms with Gasteiger partial charge in [0, 0.05) is 36.1 Å². The molecular formula is C33H34N6O3. The van der Waals surface area contributed by atoms with Crippen LogP contribution < -0.4 is 5.56 Å². The smallest absolute Gasteiger partial charge is 0.306 e. The molecule has 0 saturated carbocycles. The number of hydrogen-bond donors (Lipinski definition) is 0. The van der Waals surface area contributed by atoms with Gasteiger partial charge in [0.1, 0.15) is 0 Å². The van der Waals surface area contributed by atoms with Gasteiger partial charge in [-0.05, 0) is 80.1 Å². The highest BCUT2D eigenvalue weighted by atomic mass is 16.5. The van der Waals surface area contributed by atoms with Gasteiger partial charge in [-0.1, -0.05) is 30.3 Å². The van der Waals surface area contributed by atoms with Crippen molar-refractivity contribution in [2.45, 2.75) is 38.6 Å². The van der Waals surface area contributed by atoms with Crippen LogP contribution in [0.3, 0.4) is 0 Å². The van der Waals surface area contributed by atoms with Gasteiger partial charge in [0.15, 0.2) is 5.82 Å². The summed E-state index contributed by atoms with van der Waals surface area (Å²) in [7, 11) is 1.44. The first-order chi connectivity index (χ1) is 20.5. The van der Waals surface area contributed by atoms with E-state index in [2.05, 4.69) is 26.0 Å². The second kappa shape index (κ2) is 13.8. The molecular weight excluding hydrogens is 528 g/mol. The summed E-state index contributed by atoms with van der Waals surface area (Å²) in [5, 5.41) is 13.8. The molecule has 4 aromatic rings. The number of benzene rings is 2. The number of hydrogen-bond acceptors (Lipinski definition) is 8. The standard InChI is InChI=1S/C33H34N6O3/c1-42-32(41)14-17-38-15-12-24(13-16-38)8-9-27-21-35-33(36-22-27)29-7-3-5-26(19-29)23-39-31(40)11-10-30(37-39)28-6-2-4-25(18-28)20-34/h2-7,10-11,18-19,21-22,24H,8-9,12-17,23H2,1H3. The number of nitrogens with zero attached hydrogens (tertiary/aromatic N) is 6. The predicted molar refractivity (Wildman–Crippen MR) is 159 cm³/mol. The molecule has 9 heteroatoms. The lowest BCUT2D eigenvalue weighted by atomic mass is 9.91. The molecule has 2 aromatic carbocycles. The molecule has 0 radical (unpaired) electrons. The lowest BCUT2D eigenvalue weighted by Gasteiger charge is -2.31. The first-order valence-electron chi connectivity index (χ1n) is 14.3. The number of nitriles is 1. The maximum atomic E-state index is 12.6. The van der Waals surface area contributed by atoms with Crippen molar-refractivity contribution in [1.82, 2.24) is 24.6 Å². The molecule has 1 aliphatic rings. The second-order valence-electron chi connectivity index (χ2n) is 10.7. The van der Waals surface area contributed by atoms with E-state index in [0.29, 0.717) is 36.0 Å². The molecule has 0 atom stereocenters. The van der Waals surface area contributed by atoms with Gasteiger partial charge >= 0.3 is 5.97 Å². The number of aryl methyl sites for hydroxylation is 1. The maximum absolute atomic E-state index is 12.6. The third-order valence-electron chi connectivity index (χ3n) is 7.79. The van der Waals surface area contributed by atoms with E-state index in [0.717, 1.165) is 67.6 Å². The van der Waals surface area contributed by atoms with Crippen molar-refractivity contribution < 1.29 is 9.53 Å². The molecule has 1 fully saturated rings. The highest BCUT2D eigenvalue weighted by molar-refractivity contribution is 5.69. The normalized spacial score (nSPS) is 13.9. The van der Waals surface area contributed by atoms with Crippen LogP contribution in [0.4, 0.5) is 0 Å². The molecule has 2 aromatic heterocycles. The largest absolute Gasteiger partial charge is 0.469 e. The molecule has 0 N–H and O–H groups in total. The molecule has 0 bridgehead atoms. The number of esters is 1. The Bertz CT molecular complexity index is 1620. The Morgan fingerprint density at radius 3 is 2.52 bits per heavy atom. The van der Waals surface area contributed by atoms with Gasteiger partial charge in [0.05, 0.1) is 37.4 Å². The van der Waals surface area contributed by atoms with Crippen molar-refractivity contribution in [3.8, 4) is 28.7 Å². The molecule has 1 saturated heterocycles. The quantitative estimate of drug-likeness (QED) is 0.260. The molecule has 214 valence electrons. The van der Waals surface area contributed by atoms with Crippen LogP contribution in [-0.2, 0) is 22.5 Å². The molecule has 5 rings (SSSR count). The predicted octanol–water partition coefficient (Wildman–Crippen LogP) is 4.49. The molecule has 0 spiro atoms. The van der Waals surface area contributed by atoms with Gasteiger partial charge in [-0.25, -0.2) is 14.6 Å². The monoisotopic (exact) mass is 562 g/mol. The SMILES string of the molecule is COC(=O)CCN1CCC(CCc2cnc(-c3cccc(Cn4nc(-c5cccc(C#N)c5)ccc4=O)c3)nc2)CC1. The number of aromatic nitrogens is 4. The summed E-state index contributed by atoms with van der Waals surface area (Å²) in [6, 6.07) is 20.3. The zero-order valence-corrected chi connectivity index (χ0v) is 23.8. The Hall–Kier alpha value is -4.68. The van der Waals surface area contributed by atoms with E-state index in [1.165, 1.54) is 17.9 Å². The van der Waals surface area contributed by atoms with Gasteiger partial charge < -0.3 is 9.64 Å². The summed E-state index contributed by atoms with van der Waals surface area (Å²) in [4.78, 5) is 35.6. The highest BCUT2D eigenvalue weighted by Gasteiger charge is 2.19. The van der Waals surface area contributed by atoms with E-state index in [1.807, 2.05) is 42.7 Å². The molecule has 3 heterocycles. The first kappa shape index (κ1) is 28.8. The minimum Gasteiger partial charge on any atom is -0.469 e. The number of carbonyl (C=O) groups is 1. The van der Waals surface area contributed by atoms with Crippen LogP contribution in [0.2, 0.25) is 0 Å². The Labute approximate surface area is 245 Å². The third kappa shape index (κ3) is 7.53. The zero-order chi connectivity index (χ0) is 29.3. The van der Waals surface area contributed by atoms with Crippen molar-refractivity contribution in [3.05, 3.63) is 100 Å². The Kier molecular flexibility index (Phi) is 9.47. The summed E-state index contributed by atoms with van der Waals surface area (Å²) in [6.45, 7) is 3.12. The van der Waals surface area contributed by atoms with Gasteiger partial charge in [0.2, 0.25) is 0 Å². The van der Waals surface area contributed by atoms with Crippen molar-refractivity contribution >= 4 is 5.97 Å². The summed E-state index contributed by atoms with van der Waals surface area (Å²) < 4.78 is 6.18. The molecule has 9 nitrogen and oxygen atoms in total. The van der Waals surface area contributed by atoms with E-state index in [-0.39, 0.29) is 11.5 Å². The average Bonchev–Trinajstić information content (AvgIpc) is 3.04. The lowest BCUT2D eigenvalue weighted by Crippen LogP contribution is -2.35. The second-order valence-corrected chi connectivity index (χ2v) is 10.7. The van der Waals surface area contributed by atoms with Crippen molar-refractivity contribution in [3.63, 3.8) is 0 Å². The van der Waals surface area contributed by atoms with Crippen LogP contribution in [0.5, 0.6) is 0 Å². The lowest BCUT2D eigenvalue weighted by molar-refractivity contribution is -0.141. The number of piperidine rings is 1. The molecule has 1 aliphatic heterocycles. The van der Waals surface area contributed by atoms with Gasteiger partial charge in [0.25, 0.3) is 5.56 Å². The molecule has 0 amide bonds. The minimum atomic E-state index is -0.201. The number of methoxy groups -OCH3 is 1. The number of ether oxygens (including phenoxy) is 1. The van der Waals surface area contributed by atoms with Crippen LogP contribution in [0.25, 0.3) is 22.6 Å². The summed E-state index contributed by atoms with van der Waals surface area (Å²) in [5.41, 5.74) is 4.67. The number of rotatable bonds is 10. The first-order valence-corrected chi connectivity index (χ1v) is 14.3. The number of carbonyl (C=O) groups excluding carboxylic acids is 1. The van der Waals surface area contributed by atoms with E-state index in [9.17, 15) is 14.9 Å². The summed E-state index contributed by atoms with van der Waals surface area (Å²) in [6.07, 6.45) is 8.59. The van der Waals surface area contributed by atoms with Crippen LogP contribution in [0.15, 0.2) is 77.9 Å². The topological polar surface area (TPSA) is 114 Å². The summed E-state index contributed by atoms with van der Waals surface area (Å²) >= 11 is 0. The van der Waals surface area contributed by atoms with Gasteiger partial charge in [-0.15, -0.1) is 0 Å². The fourth-order valence-electron chi connectivity index (χ4n) is 5.30. The summed E-state index contributed by atoms with van der Waals surface area (Å²) in [5.74, 6) is 1.16. The van der Waals surface area contributed by atoms with Crippen LogP contribution in [0, 0.1) is 17.2 Å². The maximum Gasteiger partial charge on any atom is 0.306 e. The minimum absolute atomic E-state index is 0.148. The number of likely N-dealkylation sites (tertiary alicyclic amines) is 1. The fraction of sp³-hybridized carbons (Fsp3) is 0.333. The van der Waals surface area contributed by atoms with Crippen molar-refractivity contribution in [2.24, 2.45) is 5.92 Å². The van der Waals surface area contributed by atoms with E-state index in [4.69, 9.17) is 4.74 Å². The Balaban J connectivity index is 1.18. The van der Waals surface area contributed by atoms with Crippen LogP contribution >= 0.6 is 0 Å². The zero-order valence-electron chi connectivity index (χ0n) is 23.8. The van der Waals surface area contributed by atoms with E-state index < -0.39 is 0 Å². The average molecular weight is 563 g/mol. The molecule has 42 heavy (non-hydrogen) atoms. The Morgan fingerprint density at radius 1 is 1.00 bits per heavy atom. The van der Waals surface area contributed by atoms with Gasteiger partial charge in [-0.2, -0.15) is 10.4 Å². The van der Waals surface area contributed by atoms with Crippen LogP contribution in [0.1, 0.15) is 42.4 Å². The van der Waals surface area contributed by atoms with Crippen molar-refractivity contribution in [1.29, 1.82) is 5.26 Å². The molecule has 0 aliphatic carbocycles. The van der Waals surface area contributed by atoms with Crippen LogP contribution in [-0.4, -0.2) is 57.4 Å². The Morgan fingerprint density at radius 2 is 1.76 bits per heavy atom. The molecule has 0 unspecified atom stereocenters. The van der Waals surface area contributed by atoms with E-state index >= 15 is 0 Å². The fourth-order valence-corrected chi connectivity index (χ4v) is 5.30. The van der Waals surface area contributed by atoms with Gasteiger partial charge in [-0.3, -0.25) is 9.59 Å². The highest BCUT2D eigenvalue weighted by Crippen LogP contribution is 2.23. The van der Waals surface area contributed by atoms with Crippen molar-refractivity contribution in [2.75, 3.05) is 26.7 Å². The van der Waals surface area contributed by atoms with E-state index in [1.54, 1.807) is 24.3 Å². The third-order valence-corrected chi connectivity index (χ3v) is 7.79.